The van der Waals surface area contributed by atoms with Crippen LogP contribution in [0.5, 0.6) is 0 Å². The van der Waals surface area contributed by atoms with Gasteiger partial charge in [0.1, 0.15) is 0 Å². The zero-order chi connectivity index (χ0) is 14.8. The maximum absolute atomic E-state index is 11.7. The molecular weight excluding hydrogens is 254 g/mol. The Balaban J connectivity index is 2.40. The number of carbonyl (C=O) groups excluding carboxylic acids is 1. The third-order valence-corrected chi connectivity index (χ3v) is 4.11. The Kier molecular flexibility index (Phi) is 7.14. The van der Waals surface area contributed by atoms with E-state index in [0.717, 1.165) is 38.5 Å². The van der Waals surface area contributed by atoms with E-state index in [2.05, 4.69) is 11.2 Å². The van der Waals surface area contributed by atoms with Gasteiger partial charge in [0.2, 0.25) is 5.91 Å². The normalized spacial score (nSPS) is 17.8. The van der Waals surface area contributed by atoms with Gasteiger partial charge in [0.05, 0.1) is 5.41 Å². The molecule has 4 heteroatoms. The third-order valence-electron chi connectivity index (χ3n) is 4.11. The fourth-order valence-corrected chi connectivity index (χ4v) is 2.74. The minimum absolute atomic E-state index is 0.0631. The summed E-state index contributed by atoms with van der Waals surface area (Å²) in [5.41, 5.74) is -0.759. The van der Waals surface area contributed by atoms with Gasteiger partial charge in [0.25, 0.3) is 0 Å². The summed E-state index contributed by atoms with van der Waals surface area (Å²) in [6.07, 6.45) is 13.3. The van der Waals surface area contributed by atoms with Crippen LogP contribution in [0.2, 0.25) is 0 Å². The largest absolute Gasteiger partial charge is 0.481 e. The Hall–Kier alpha value is -1.50. The fourth-order valence-electron chi connectivity index (χ4n) is 2.74. The van der Waals surface area contributed by atoms with Crippen molar-refractivity contribution >= 4 is 11.9 Å². The number of aliphatic carboxylic acids is 1. The summed E-state index contributed by atoms with van der Waals surface area (Å²) in [5.74, 6) is 1.71. The Labute approximate surface area is 121 Å². The van der Waals surface area contributed by atoms with Crippen LogP contribution in [0.4, 0.5) is 0 Å². The van der Waals surface area contributed by atoms with Gasteiger partial charge >= 0.3 is 5.97 Å². The molecule has 0 aromatic rings. The highest BCUT2D eigenvalue weighted by molar-refractivity contribution is 5.79. The van der Waals surface area contributed by atoms with Gasteiger partial charge in [-0.1, -0.05) is 25.7 Å². The fraction of sp³-hybridized carbons (Fsp3) is 0.750. The molecule has 0 aliphatic heterocycles. The monoisotopic (exact) mass is 279 g/mol. The first kappa shape index (κ1) is 16.6. The molecule has 1 fully saturated rings. The van der Waals surface area contributed by atoms with Gasteiger partial charge in [-0.2, -0.15) is 0 Å². The second kappa shape index (κ2) is 8.63. The van der Waals surface area contributed by atoms with Crippen LogP contribution in [-0.2, 0) is 9.59 Å². The van der Waals surface area contributed by atoms with E-state index in [0.29, 0.717) is 25.7 Å². The number of carboxylic acids is 1. The van der Waals surface area contributed by atoms with E-state index in [1.165, 1.54) is 0 Å². The Morgan fingerprint density at radius 3 is 2.35 bits per heavy atom. The van der Waals surface area contributed by atoms with Gasteiger partial charge < -0.3 is 10.4 Å². The second-order valence-corrected chi connectivity index (χ2v) is 5.69. The number of terminal acetylenes is 1. The first-order valence-electron chi connectivity index (χ1n) is 7.54. The highest BCUT2D eigenvalue weighted by Gasteiger charge is 2.38. The molecule has 0 atom stereocenters. The van der Waals surface area contributed by atoms with Crippen molar-refractivity contribution in [2.75, 3.05) is 6.54 Å². The average Bonchev–Trinajstić information content (AvgIpc) is 2.68. The van der Waals surface area contributed by atoms with Crippen molar-refractivity contribution < 1.29 is 14.7 Å². The summed E-state index contributed by atoms with van der Waals surface area (Å²) in [5, 5.41) is 12.3. The van der Waals surface area contributed by atoms with Crippen LogP contribution in [0.25, 0.3) is 0 Å². The van der Waals surface area contributed by atoms with Crippen LogP contribution in [0.15, 0.2) is 0 Å². The maximum Gasteiger partial charge on any atom is 0.311 e. The number of rotatable bonds is 7. The molecule has 0 spiro atoms. The SMILES string of the molecule is C#CCCCCC(=O)NCC1(C(=O)O)CCCCCC1. The molecule has 1 saturated carbocycles. The van der Waals surface area contributed by atoms with E-state index < -0.39 is 11.4 Å². The van der Waals surface area contributed by atoms with Crippen molar-refractivity contribution in [3.63, 3.8) is 0 Å². The summed E-state index contributed by atoms with van der Waals surface area (Å²) in [6.45, 7) is 0.260. The number of hydrogen-bond acceptors (Lipinski definition) is 2. The number of hydrogen-bond donors (Lipinski definition) is 2. The summed E-state index contributed by atoms with van der Waals surface area (Å²) in [6, 6.07) is 0. The lowest BCUT2D eigenvalue weighted by molar-refractivity contribution is -0.149. The maximum atomic E-state index is 11.7. The lowest BCUT2D eigenvalue weighted by Crippen LogP contribution is -2.42. The van der Waals surface area contributed by atoms with E-state index in [1.54, 1.807) is 0 Å². The molecule has 0 aromatic heterocycles. The predicted molar refractivity (Wildman–Crippen MR) is 78.1 cm³/mol. The van der Waals surface area contributed by atoms with Crippen LogP contribution < -0.4 is 5.32 Å². The number of nitrogens with one attached hydrogen (secondary N) is 1. The number of amides is 1. The van der Waals surface area contributed by atoms with Crippen LogP contribution in [-0.4, -0.2) is 23.5 Å². The predicted octanol–water partition coefficient (Wildman–Crippen LogP) is 2.72. The zero-order valence-corrected chi connectivity index (χ0v) is 12.1. The van der Waals surface area contributed by atoms with Crippen molar-refractivity contribution in [3.8, 4) is 12.3 Å². The topological polar surface area (TPSA) is 66.4 Å². The Morgan fingerprint density at radius 1 is 1.15 bits per heavy atom. The standard InChI is InChI=1S/C16H25NO3/c1-2-3-4-7-10-14(18)17-13-16(15(19)20)11-8-5-6-9-12-16/h1H,3-13H2,(H,17,18)(H,19,20). The van der Waals surface area contributed by atoms with Gasteiger partial charge in [-0.25, -0.2) is 0 Å². The lowest BCUT2D eigenvalue weighted by atomic mass is 9.80. The second-order valence-electron chi connectivity index (χ2n) is 5.69. The number of carboxylic acid groups (broad SMARTS) is 1. The van der Waals surface area contributed by atoms with Gasteiger partial charge in [-0.3, -0.25) is 9.59 Å². The molecule has 112 valence electrons. The third kappa shape index (κ3) is 5.24. The molecule has 2 N–H and O–H groups in total. The summed E-state index contributed by atoms with van der Waals surface area (Å²) in [4.78, 5) is 23.3. The van der Waals surface area contributed by atoms with Crippen LogP contribution in [0, 0.1) is 17.8 Å². The first-order chi connectivity index (χ1) is 9.60. The van der Waals surface area contributed by atoms with Crippen LogP contribution in [0.3, 0.4) is 0 Å². The van der Waals surface area contributed by atoms with Crippen molar-refractivity contribution in [3.05, 3.63) is 0 Å². The Bertz CT molecular complexity index is 362. The molecule has 1 rings (SSSR count). The smallest absolute Gasteiger partial charge is 0.311 e. The van der Waals surface area contributed by atoms with Crippen molar-refractivity contribution in [2.45, 2.75) is 64.2 Å². The molecule has 0 saturated heterocycles. The Morgan fingerprint density at radius 2 is 1.80 bits per heavy atom. The summed E-state index contributed by atoms with van der Waals surface area (Å²) >= 11 is 0. The molecular formula is C16H25NO3. The van der Waals surface area contributed by atoms with E-state index in [9.17, 15) is 14.7 Å². The molecule has 0 bridgehead atoms. The van der Waals surface area contributed by atoms with Crippen molar-refractivity contribution in [2.24, 2.45) is 5.41 Å². The highest BCUT2D eigenvalue weighted by atomic mass is 16.4. The summed E-state index contributed by atoms with van der Waals surface area (Å²) < 4.78 is 0. The lowest BCUT2D eigenvalue weighted by Gasteiger charge is -2.28. The first-order valence-corrected chi connectivity index (χ1v) is 7.54. The van der Waals surface area contributed by atoms with Crippen molar-refractivity contribution in [1.29, 1.82) is 0 Å². The molecule has 4 nitrogen and oxygen atoms in total. The van der Waals surface area contributed by atoms with Gasteiger partial charge in [-0.05, 0) is 25.7 Å². The van der Waals surface area contributed by atoms with Gasteiger partial charge in [0, 0.05) is 19.4 Å². The molecule has 0 aromatic carbocycles. The van der Waals surface area contributed by atoms with Crippen LogP contribution >= 0.6 is 0 Å². The molecule has 1 aliphatic rings. The molecule has 1 amide bonds. The highest BCUT2D eigenvalue weighted by Crippen LogP contribution is 2.34. The van der Waals surface area contributed by atoms with E-state index in [4.69, 9.17) is 6.42 Å². The minimum Gasteiger partial charge on any atom is -0.481 e. The number of unbranched alkanes of at least 4 members (excludes halogenated alkanes) is 2. The molecule has 0 heterocycles. The zero-order valence-electron chi connectivity index (χ0n) is 12.1. The van der Waals surface area contributed by atoms with E-state index in [-0.39, 0.29) is 12.5 Å². The molecule has 1 aliphatic carbocycles. The average molecular weight is 279 g/mol. The van der Waals surface area contributed by atoms with Gasteiger partial charge in [-0.15, -0.1) is 12.3 Å². The molecule has 20 heavy (non-hydrogen) atoms. The molecule has 0 unspecified atom stereocenters. The quantitative estimate of drug-likeness (QED) is 0.428. The van der Waals surface area contributed by atoms with Crippen LogP contribution in [0.1, 0.15) is 64.2 Å². The van der Waals surface area contributed by atoms with Gasteiger partial charge in [0.15, 0.2) is 0 Å². The van der Waals surface area contributed by atoms with E-state index >= 15 is 0 Å². The van der Waals surface area contributed by atoms with E-state index in [1.807, 2.05) is 0 Å². The van der Waals surface area contributed by atoms with Crippen molar-refractivity contribution in [1.82, 2.24) is 5.32 Å². The summed E-state index contributed by atoms with van der Waals surface area (Å²) in [7, 11) is 0. The number of carbonyl (C=O) groups is 2. The minimum atomic E-state index is -0.771. The molecule has 0 radical (unpaired) electrons.